The van der Waals surface area contributed by atoms with Crippen LogP contribution in [0.2, 0.25) is 0 Å². The Morgan fingerprint density at radius 2 is 2.00 bits per heavy atom. The summed E-state index contributed by atoms with van der Waals surface area (Å²) in [6.45, 7) is 0.724. The number of alkyl halides is 3. The summed E-state index contributed by atoms with van der Waals surface area (Å²) in [5.41, 5.74) is 0. The Morgan fingerprint density at radius 3 is 2.50 bits per heavy atom. The van der Waals surface area contributed by atoms with Crippen LogP contribution in [0.4, 0.5) is 13.2 Å². The standard InChI is InChI=1S/C12H20F3N3O2/c1-16-10(19)8(7-12(13,14)15)17-11(20)9-5-3-4-6-18(9)2/h8-9H,3-7H2,1-2H3,(H,16,19)(H,17,20)/t8-,9+/m0/s1. The fourth-order valence-corrected chi connectivity index (χ4v) is 2.29. The maximum absolute atomic E-state index is 12.4. The van der Waals surface area contributed by atoms with Crippen LogP contribution in [-0.2, 0) is 9.59 Å². The van der Waals surface area contributed by atoms with Gasteiger partial charge in [0.15, 0.2) is 0 Å². The summed E-state index contributed by atoms with van der Waals surface area (Å²) in [6.07, 6.45) is -3.47. The zero-order valence-corrected chi connectivity index (χ0v) is 11.6. The van der Waals surface area contributed by atoms with Crippen LogP contribution in [0.5, 0.6) is 0 Å². The van der Waals surface area contributed by atoms with Crippen molar-refractivity contribution in [3.8, 4) is 0 Å². The van der Waals surface area contributed by atoms with Gasteiger partial charge in [0.1, 0.15) is 6.04 Å². The van der Waals surface area contributed by atoms with E-state index in [0.29, 0.717) is 6.42 Å². The van der Waals surface area contributed by atoms with Crippen molar-refractivity contribution in [3.63, 3.8) is 0 Å². The van der Waals surface area contributed by atoms with E-state index in [1.54, 1.807) is 11.9 Å². The molecule has 1 aliphatic heterocycles. The van der Waals surface area contributed by atoms with E-state index in [2.05, 4.69) is 10.6 Å². The maximum atomic E-state index is 12.4. The molecule has 116 valence electrons. The van der Waals surface area contributed by atoms with Gasteiger partial charge < -0.3 is 10.6 Å². The van der Waals surface area contributed by atoms with Crippen LogP contribution in [0.1, 0.15) is 25.7 Å². The quantitative estimate of drug-likeness (QED) is 0.801. The van der Waals surface area contributed by atoms with E-state index < -0.39 is 36.5 Å². The highest BCUT2D eigenvalue weighted by Gasteiger charge is 2.37. The number of hydrogen-bond acceptors (Lipinski definition) is 3. The van der Waals surface area contributed by atoms with Gasteiger partial charge >= 0.3 is 6.18 Å². The molecule has 1 saturated heterocycles. The van der Waals surface area contributed by atoms with E-state index in [4.69, 9.17) is 0 Å². The molecule has 2 N–H and O–H groups in total. The molecule has 0 radical (unpaired) electrons. The monoisotopic (exact) mass is 295 g/mol. The number of likely N-dealkylation sites (tertiary alicyclic amines) is 1. The third kappa shape index (κ3) is 4.99. The van der Waals surface area contributed by atoms with Gasteiger partial charge in [-0.25, -0.2) is 0 Å². The molecule has 1 rings (SSSR count). The second-order valence-corrected chi connectivity index (χ2v) is 4.99. The summed E-state index contributed by atoms with van der Waals surface area (Å²) in [5, 5.41) is 4.35. The molecule has 0 aromatic rings. The Morgan fingerprint density at radius 1 is 1.35 bits per heavy atom. The third-order valence-electron chi connectivity index (χ3n) is 3.39. The van der Waals surface area contributed by atoms with E-state index in [-0.39, 0.29) is 0 Å². The number of carbonyl (C=O) groups is 2. The molecule has 8 heteroatoms. The first-order chi connectivity index (χ1) is 9.24. The minimum atomic E-state index is -4.51. The number of carbonyl (C=O) groups excluding carboxylic acids is 2. The number of nitrogens with one attached hydrogen (secondary N) is 2. The molecule has 5 nitrogen and oxygen atoms in total. The second kappa shape index (κ2) is 6.92. The lowest BCUT2D eigenvalue weighted by Gasteiger charge is -2.32. The molecular weight excluding hydrogens is 275 g/mol. The number of piperidine rings is 1. The van der Waals surface area contributed by atoms with Gasteiger partial charge in [0.25, 0.3) is 0 Å². The maximum Gasteiger partial charge on any atom is 0.391 e. The largest absolute Gasteiger partial charge is 0.391 e. The molecular formula is C12H20F3N3O2. The second-order valence-electron chi connectivity index (χ2n) is 4.99. The van der Waals surface area contributed by atoms with Gasteiger partial charge in [0, 0.05) is 7.05 Å². The van der Waals surface area contributed by atoms with Crippen molar-refractivity contribution < 1.29 is 22.8 Å². The number of hydrogen-bond donors (Lipinski definition) is 2. The molecule has 0 saturated carbocycles. The Labute approximate surface area is 115 Å². The molecule has 20 heavy (non-hydrogen) atoms. The average molecular weight is 295 g/mol. The number of amides is 2. The summed E-state index contributed by atoms with van der Waals surface area (Å²) < 4.78 is 37.3. The third-order valence-corrected chi connectivity index (χ3v) is 3.39. The minimum Gasteiger partial charge on any atom is -0.357 e. The van der Waals surface area contributed by atoms with E-state index >= 15 is 0 Å². The van der Waals surface area contributed by atoms with Crippen LogP contribution in [-0.4, -0.2) is 55.6 Å². The first kappa shape index (κ1) is 16.7. The highest BCUT2D eigenvalue weighted by Crippen LogP contribution is 2.22. The van der Waals surface area contributed by atoms with Crippen molar-refractivity contribution in [2.24, 2.45) is 0 Å². The van der Waals surface area contributed by atoms with Gasteiger partial charge in [-0.1, -0.05) is 6.42 Å². The van der Waals surface area contributed by atoms with Crippen molar-refractivity contribution in [3.05, 3.63) is 0 Å². The summed E-state index contributed by atoms with van der Waals surface area (Å²) in [5.74, 6) is -1.36. The summed E-state index contributed by atoms with van der Waals surface area (Å²) in [4.78, 5) is 25.3. The SMILES string of the molecule is CNC(=O)[C@H](CC(F)(F)F)NC(=O)[C@H]1CCCCN1C. The molecule has 0 aromatic heterocycles. The molecule has 2 atom stereocenters. The lowest BCUT2D eigenvalue weighted by molar-refractivity contribution is -0.152. The minimum absolute atomic E-state index is 0.468. The van der Waals surface area contributed by atoms with Crippen LogP contribution in [0.25, 0.3) is 0 Å². The fraction of sp³-hybridized carbons (Fsp3) is 0.833. The number of rotatable bonds is 4. The number of halogens is 3. The molecule has 0 aliphatic carbocycles. The van der Waals surface area contributed by atoms with Crippen molar-refractivity contribution >= 4 is 11.8 Å². The van der Waals surface area contributed by atoms with E-state index in [1.807, 2.05) is 0 Å². The van der Waals surface area contributed by atoms with Crippen LogP contribution in [0.15, 0.2) is 0 Å². The Hall–Kier alpha value is -1.31. The van der Waals surface area contributed by atoms with E-state index in [1.165, 1.54) is 7.05 Å². The van der Waals surface area contributed by atoms with Gasteiger partial charge in [0.05, 0.1) is 12.5 Å². The van der Waals surface area contributed by atoms with Crippen molar-refractivity contribution in [2.75, 3.05) is 20.6 Å². The first-order valence-corrected chi connectivity index (χ1v) is 6.53. The van der Waals surface area contributed by atoms with E-state index in [0.717, 1.165) is 19.4 Å². The Balaban J connectivity index is 2.68. The molecule has 0 aromatic carbocycles. The Kier molecular flexibility index (Phi) is 5.79. The van der Waals surface area contributed by atoms with Gasteiger partial charge in [-0.3, -0.25) is 14.5 Å². The van der Waals surface area contributed by atoms with Crippen LogP contribution in [0.3, 0.4) is 0 Å². The van der Waals surface area contributed by atoms with Crippen LogP contribution < -0.4 is 10.6 Å². The summed E-state index contributed by atoms with van der Waals surface area (Å²) >= 11 is 0. The number of likely N-dealkylation sites (N-methyl/N-ethyl adjacent to an activating group) is 2. The van der Waals surface area contributed by atoms with Crippen LogP contribution >= 0.6 is 0 Å². The Bertz CT molecular complexity index is 360. The van der Waals surface area contributed by atoms with Gasteiger partial charge in [0.2, 0.25) is 11.8 Å². The zero-order chi connectivity index (χ0) is 15.3. The average Bonchev–Trinajstić information content (AvgIpc) is 2.35. The zero-order valence-electron chi connectivity index (χ0n) is 11.6. The number of nitrogens with zero attached hydrogens (tertiary/aromatic N) is 1. The van der Waals surface area contributed by atoms with Crippen LogP contribution in [0, 0.1) is 0 Å². The van der Waals surface area contributed by atoms with E-state index in [9.17, 15) is 22.8 Å². The molecule has 0 bridgehead atoms. The lowest BCUT2D eigenvalue weighted by Crippen LogP contribution is -2.54. The lowest BCUT2D eigenvalue weighted by atomic mass is 10.0. The predicted octanol–water partition coefficient (Wildman–Crippen LogP) is 0.654. The highest BCUT2D eigenvalue weighted by molar-refractivity contribution is 5.89. The molecule has 0 spiro atoms. The van der Waals surface area contributed by atoms with Gasteiger partial charge in [-0.2, -0.15) is 13.2 Å². The molecule has 1 fully saturated rings. The van der Waals surface area contributed by atoms with Gasteiger partial charge in [-0.05, 0) is 26.4 Å². The first-order valence-electron chi connectivity index (χ1n) is 6.53. The molecule has 0 unspecified atom stereocenters. The topological polar surface area (TPSA) is 61.4 Å². The van der Waals surface area contributed by atoms with Crippen molar-refractivity contribution in [1.82, 2.24) is 15.5 Å². The van der Waals surface area contributed by atoms with Gasteiger partial charge in [-0.15, -0.1) is 0 Å². The summed E-state index contributed by atoms with van der Waals surface area (Å²) in [6, 6.07) is -2.05. The molecule has 1 heterocycles. The van der Waals surface area contributed by atoms with Crippen molar-refractivity contribution in [2.45, 2.75) is 43.9 Å². The molecule has 2 amide bonds. The van der Waals surface area contributed by atoms with Crippen molar-refractivity contribution in [1.29, 1.82) is 0 Å². The normalized spacial score (nSPS) is 22.1. The predicted molar refractivity (Wildman–Crippen MR) is 66.9 cm³/mol. The molecule has 1 aliphatic rings. The smallest absolute Gasteiger partial charge is 0.357 e. The highest BCUT2D eigenvalue weighted by atomic mass is 19.4. The fourth-order valence-electron chi connectivity index (χ4n) is 2.29. The summed E-state index contributed by atoms with van der Waals surface area (Å²) in [7, 11) is 2.99.